The summed E-state index contributed by atoms with van der Waals surface area (Å²) >= 11 is 0. The first kappa shape index (κ1) is 12.2. The number of amides is 2. The molecule has 0 saturated carbocycles. The highest BCUT2D eigenvalue weighted by atomic mass is 19.1. The molecule has 1 aromatic carbocycles. The Hall–Kier alpha value is -1.91. The molecule has 86 valence electrons. The van der Waals surface area contributed by atoms with E-state index >= 15 is 0 Å². The van der Waals surface area contributed by atoms with Gasteiger partial charge in [-0.2, -0.15) is 0 Å². The number of carbonyl (C=O) groups is 2. The molecule has 0 aliphatic rings. The van der Waals surface area contributed by atoms with Crippen LogP contribution >= 0.6 is 0 Å². The smallest absolute Gasteiger partial charge is 0.239 e. The highest BCUT2D eigenvalue weighted by Gasteiger charge is 2.12. The largest absolute Gasteiger partial charge is 0.368 e. The predicted octanol–water partition coefficient (Wildman–Crippen LogP) is 0.358. The van der Waals surface area contributed by atoms with Gasteiger partial charge in [-0.25, -0.2) is 4.39 Å². The van der Waals surface area contributed by atoms with Crippen molar-refractivity contribution in [2.45, 2.75) is 19.4 Å². The maximum Gasteiger partial charge on any atom is 0.239 e. The Labute approximate surface area is 92.6 Å². The molecule has 0 bridgehead atoms. The maximum atomic E-state index is 12.6. The van der Waals surface area contributed by atoms with Crippen LogP contribution in [-0.2, 0) is 16.0 Å². The van der Waals surface area contributed by atoms with Crippen LogP contribution in [0.5, 0.6) is 0 Å². The average molecular weight is 224 g/mol. The standard InChI is InChI=1S/C11H13FN2O2/c1-7(11(13)16)14-10(15)6-8-2-4-9(12)5-3-8/h2-5,7H,6H2,1H3,(H2,13,16)(H,14,15)/t7-/m1/s1. The average Bonchev–Trinajstić information content (AvgIpc) is 2.21. The van der Waals surface area contributed by atoms with Crippen molar-refractivity contribution in [2.24, 2.45) is 5.73 Å². The molecule has 0 heterocycles. The van der Waals surface area contributed by atoms with Crippen molar-refractivity contribution in [1.29, 1.82) is 0 Å². The third kappa shape index (κ3) is 3.68. The number of nitrogens with two attached hydrogens (primary N) is 1. The maximum absolute atomic E-state index is 12.6. The van der Waals surface area contributed by atoms with Gasteiger partial charge in [-0.15, -0.1) is 0 Å². The Morgan fingerprint density at radius 3 is 2.44 bits per heavy atom. The molecule has 0 fully saturated rings. The van der Waals surface area contributed by atoms with Crippen molar-refractivity contribution >= 4 is 11.8 Å². The van der Waals surface area contributed by atoms with E-state index < -0.39 is 11.9 Å². The zero-order valence-corrected chi connectivity index (χ0v) is 8.87. The molecule has 0 saturated heterocycles. The molecule has 1 aromatic rings. The summed E-state index contributed by atoms with van der Waals surface area (Å²) in [4.78, 5) is 22.1. The van der Waals surface area contributed by atoms with Gasteiger partial charge in [0.25, 0.3) is 0 Å². The predicted molar refractivity (Wildman–Crippen MR) is 56.9 cm³/mol. The molecule has 0 radical (unpaired) electrons. The van der Waals surface area contributed by atoms with Crippen LogP contribution in [0.25, 0.3) is 0 Å². The van der Waals surface area contributed by atoms with Crippen molar-refractivity contribution in [3.63, 3.8) is 0 Å². The third-order valence-electron chi connectivity index (χ3n) is 2.08. The van der Waals surface area contributed by atoms with E-state index in [0.29, 0.717) is 5.56 Å². The molecule has 0 aliphatic heterocycles. The van der Waals surface area contributed by atoms with Crippen LogP contribution in [0.15, 0.2) is 24.3 Å². The molecule has 4 nitrogen and oxygen atoms in total. The fraction of sp³-hybridized carbons (Fsp3) is 0.273. The second-order valence-electron chi connectivity index (χ2n) is 3.49. The van der Waals surface area contributed by atoms with Crippen molar-refractivity contribution in [1.82, 2.24) is 5.32 Å². The third-order valence-corrected chi connectivity index (χ3v) is 2.08. The zero-order chi connectivity index (χ0) is 12.1. The van der Waals surface area contributed by atoms with Crippen molar-refractivity contribution in [3.8, 4) is 0 Å². The number of hydrogen-bond acceptors (Lipinski definition) is 2. The van der Waals surface area contributed by atoms with Gasteiger partial charge in [0.1, 0.15) is 11.9 Å². The van der Waals surface area contributed by atoms with Crippen molar-refractivity contribution < 1.29 is 14.0 Å². The Kier molecular flexibility index (Phi) is 3.99. The number of rotatable bonds is 4. The van der Waals surface area contributed by atoms with Gasteiger partial charge in [0.15, 0.2) is 0 Å². The second-order valence-corrected chi connectivity index (χ2v) is 3.49. The zero-order valence-electron chi connectivity index (χ0n) is 8.87. The lowest BCUT2D eigenvalue weighted by Gasteiger charge is -2.09. The van der Waals surface area contributed by atoms with Crippen LogP contribution in [0.1, 0.15) is 12.5 Å². The minimum absolute atomic E-state index is 0.0951. The Morgan fingerprint density at radius 1 is 1.38 bits per heavy atom. The van der Waals surface area contributed by atoms with E-state index in [9.17, 15) is 14.0 Å². The molecule has 5 heteroatoms. The van der Waals surface area contributed by atoms with Crippen LogP contribution in [0.3, 0.4) is 0 Å². The quantitative estimate of drug-likeness (QED) is 0.775. The van der Waals surface area contributed by atoms with Crippen LogP contribution in [-0.4, -0.2) is 17.9 Å². The van der Waals surface area contributed by atoms with E-state index in [4.69, 9.17) is 5.73 Å². The van der Waals surface area contributed by atoms with E-state index in [0.717, 1.165) is 0 Å². The van der Waals surface area contributed by atoms with Gasteiger partial charge in [0, 0.05) is 0 Å². The molecule has 0 aromatic heterocycles. The minimum atomic E-state index is -0.701. The molecule has 3 N–H and O–H groups in total. The van der Waals surface area contributed by atoms with E-state index in [1.54, 1.807) is 0 Å². The van der Waals surface area contributed by atoms with Crippen LogP contribution in [0.2, 0.25) is 0 Å². The molecule has 0 aliphatic carbocycles. The summed E-state index contributed by atoms with van der Waals surface area (Å²) < 4.78 is 12.6. The Balaban J connectivity index is 2.52. The van der Waals surface area contributed by atoms with Gasteiger partial charge in [0.2, 0.25) is 11.8 Å². The van der Waals surface area contributed by atoms with Crippen LogP contribution in [0, 0.1) is 5.82 Å². The van der Waals surface area contributed by atoms with Gasteiger partial charge in [0.05, 0.1) is 6.42 Å². The van der Waals surface area contributed by atoms with Gasteiger partial charge in [-0.3, -0.25) is 9.59 Å². The number of hydrogen-bond donors (Lipinski definition) is 2. The lowest BCUT2D eigenvalue weighted by atomic mass is 10.1. The molecular formula is C11H13FN2O2. The summed E-state index contributed by atoms with van der Waals surface area (Å²) in [5, 5.41) is 2.44. The number of halogens is 1. The van der Waals surface area contributed by atoms with Crippen LogP contribution in [0.4, 0.5) is 4.39 Å². The van der Waals surface area contributed by atoms with E-state index in [1.807, 2.05) is 0 Å². The molecule has 1 atom stereocenters. The van der Waals surface area contributed by atoms with Gasteiger partial charge < -0.3 is 11.1 Å². The number of primary amides is 1. The van der Waals surface area contributed by atoms with Crippen LogP contribution < -0.4 is 11.1 Å². The fourth-order valence-corrected chi connectivity index (χ4v) is 1.15. The first-order chi connectivity index (χ1) is 7.49. The SMILES string of the molecule is C[C@@H](NC(=O)Cc1ccc(F)cc1)C(N)=O. The highest BCUT2D eigenvalue weighted by Crippen LogP contribution is 2.03. The highest BCUT2D eigenvalue weighted by molar-refractivity contribution is 5.87. The summed E-state index contributed by atoms with van der Waals surface area (Å²) in [5.74, 6) is -1.26. The summed E-state index contributed by atoms with van der Waals surface area (Å²) in [6, 6.07) is 4.89. The topological polar surface area (TPSA) is 72.2 Å². The Bertz CT molecular complexity index is 389. The normalized spacial score (nSPS) is 11.9. The molecular weight excluding hydrogens is 211 g/mol. The molecule has 0 spiro atoms. The fourth-order valence-electron chi connectivity index (χ4n) is 1.15. The molecule has 1 rings (SSSR count). The number of benzene rings is 1. The molecule has 0 unspecified atom stereocenters. The lowest BCUT2D eigenvalue weighted by Crippen LogP contribution is -2.42. The first-order valence-electron chi connectivity index (χ1n) is 4.82. The van der Waals surface area contributed by atoms with Crippen molar-refractivity contribution in [3.05, 3.63) is 35.6 Å². The summed E-state index contributed by atoms with van der Waals surface area (Å²) in [7, 11) is 0. The van der Waals surface area contributed by atoms with Gasteiger partial charge in [-0.05, 0) is 24.6 Å². The monoisotopic (exact) mass is 224 g/mol. The number of carbonyl (C=O) groups excluding carboxylic acids is 2. The molecule has 16 heavy (non-hydrogen) atoms. The van der Waals surface area contributed by atoms with Crippen molar-refractivity contribution in [2.75, 3.05) is 0 Å². The summed E-state index contributed by atoms with van der Waals surface area (Å²) in [6.07, 6.45) is 0.0951. The van der Waals surface area contributed by atoms with Gasteiger partial charge >= 0.3 is 0 Å². The summed E-state index contributed by atoms with van der Waals surface area (Å²) in [6.45, 7) is 1.50. The van der Waals surface area contributed by atoms with Gasteiger partial charge in [-0.1, -0.05) is 12.1 Å². The Morgan fingerprint density at radius 2 is 1.94 bits per heavy atom. The number of nitrogens with one attached hydrogen (secondary N) is 1. The summed E-state index contributed by atoms with van der Waals surface area (Å²) in [5.41, 5.74) is 5.67. The minimum Gasteiger partial charge on any atom is -0.368 e. The van der Waals surface area contributed by atoms with E-state index in [1.165, 1.54) is 31.2 Å². The molecule has 2 amide bonds. The van der Waals surface area contributed by atoms with E-state index in [2.05, 4.69) is 5.32 Å². The first-order valence-corrected chi connectivity index (χ1v) is 4.82. The van der Waals surface area contributed by atoms with E-state index in [-0.39, 0.29) is 18.1 Å². The lowest BCUT2D eigenvalue weighted by molar-refractivity contribution is -0.126. The second kappa shape index (κ2) is 5.25.